The van der Waals surface area contributed by atoms with Gasteiger partial charge < -0.3 is 15.3 Å². The van der Waals surface area contributed by atoms with E-state index in [0.29, 0.717) is 24.5 Å². The minimum Gasteiger partial charge on any atom is -0.384 e. The van der Waals surface area contributed by atoms with E-state index in [9.17, 15) is 14.7 Å². The minimum atomic E-state index is -1.05. The normalized spacial score (nSPS) is 25.8. The van der Waals surface area contributed by atoms with Gasteiger partial charge in [0.2, 0.25) is 11.8 Å². The standard InChI is InChI=1S/C25H37ClN2O3/c1-5-17(2)21(27-22(29)18-8-6-7-9-18)23(30)28-15-14-25(31,24(3,4)16-28)19-10-12-20(26)13-11-19/h10-13,17-18,21,31H,5-9,14-16H2,1-4H3,(H,27,29)/t17-,21-,25+/m1/s1. The second-order valence-electron chi connectivity index (χ2n) is 10.1. The van der Waals surface area contributed by atoms with Crippen LogP contribution in [0.4, 0.5) is 0 Å². The van der Waals surface area contributed by atoms with Crippen molar-refractivity contribution in [2.75, 3.05) is 13.1 Å². The maximum absolute atomic E-state index is 13.5. The lowest BCUT2D eigenvalue weighted by molar-refractivity contribution is -0.157. The van der Waals surface area contributed by atoms with Gasteiger partial charge in [0, 0.05) is 29.4 Å². The summed E-state index contributed by atoms with van der Waals surface area (Å²) in [6.07, 6.45) is 5.26. The second-order valence-corrected chi connectivity index (χ2v) is 10.6. The Morgan fingerprint density at radius 3 is 2.39 bits per heavy atom. The monoisotopic (exact) mass is 448 g/mol. The lowest BCUT2D eigenvalue weighted by atomic mass is 9.66. The van der Waals surface area contributed by atoms with Gasteiger partial charge in [-0.15, -0.1) is 0 Å². The molecule has 2 aliphatic rings. The maximum atomic E-state index is 13.5. The molecule has 3 rings (SSSR count). The number of piperidine rings is 1. The molecule has 172 valence electrons. The third-order valence-electron chi connectivity index (χ3n) is 7.59. The number of nitrogens with one attached hydrogen (secondary N) is 1. The van der Waals surface area contributed by atoms with E-state index >= 15 is 0 Å². The van der Waals surface area contributed by atoms with Crippen LogP contribution in [-0.2, 0) is 15.2 Å². The molecule has 0 spiro atoms. The van der Waals surface area contributed by atoms with E-state index in [1.54, 1.807) is 12.1 Å². The van der Waals surface area contributed by atoms with E-state index in [1.165, 1.54) is 0 Å². The number of hydrogen-bond acceptors (Lipinski definition) is 3. The van der Waals surface area contributed by atoms with Gasteiger partial charge in [0.1, 0.15) is 6.04 Å². The van der Waals surface area contributed by atoms with E-state index < -0.39 is 17.1 Å². The molecule has 1 aromatic rings. The number of rotatable bonds is 6. The molecule has 3 atom stereocenters. The quantitative estimate of drug-likeness (QED) is 0.672. The van der Waals surface area contributed by atoms with Gasteiger partial charge in [0.15, 0.2) is 0 Å². The molecule has 1 saturated heterocycles. The zero-order valence-corrected chi connectivity index (χ0v) is 20.0. The number of aliphatic hydroxyl groups is 1. The molecular formula is C25H37ClN2O3. The highest BCUT2D eigenvalue weighted by Crippen LogP contribution is 2.46. The number of halogens is 1. The zero-order valence-electron chi connectivity index (χ0n) is 19.3. The second kappa shape index (κ2) is 9.50. The van der Waals surface area contributed by atoms with E-state index in [4.69, 9.17) is 11.6 Å². The molecule has 0 radical (unpaired) electrons. The molecule has 5 nitrogen and oxygen atoms in total. The van der Waals surface area contributed by atoms with Gasteiger partial charge in [0.05, 0.1) is 5.60 Å². The Hall–Kier alpha value is -1.59. The van der Waals surface area contributed by atoms with Crippen LogP contribution in [0.2, 0.25) is 5.02 Å². The van der Waals surface area contributed by atoms with Crippen LogP contribution in [-0.4, -0.2) is 41.0 Å². The molecule has 0 unspecified atom stereocenters. The van der Waals surface area contributed by atoms with Crippen molar-refractivity contribution in [2.24, 2.45) is 17.3 Å². The topological polar surface area (TPSA) is 69.6 Å². The van der Waals surface area contributed by atoms with E-state index in [2.05, 4.69) is 5.32 Å². The summed E-state index contributed by atoms with van der Waals surface area (Å²) in [4.78, 5) is 28.1. The van der Waals surface area contributed by atoms with Crippen molar-refractivity contribution in [1.29, 1.82) is 0 Å². The summed E-state index contributed by atoms with van der Waals surface area (Å²) in [5.41, 5.74) is -0.778. The van der Waals surface area contributed by atoms with Gasteiger partial charge in [-0.2, -0.15) is 0 Å². The molecule has 0 bridgehead atoms. The van der Waals surface area contributed by atoms with Crippen molar-refractivity contribution in [1.82, 2.24) is 10.2 Å². The number of hydrogen-bond donors (Lipinski definition) is 2. The average Bonchev–Trinajstić information content (AvgIpc) is 3.28. The van der Waals surface area contributed by atoms with Crippen LogP contribution in [0.15, 0.2) is 24.3 Å². The average molecular weight is 449 g/mol. The van der Waals surface area contributed by atoms with Crippen molar-refractivity contribution >= 4 is 23.4 Å². The zero-order chi connectivity index (χ0) is 22.8. The fourth-order valence-corrected chi connectivity index (χ4v) is 5.24. The molecule has 2 amide bonds. The van der Waals surface area contributed by atoms with E-state index in [0.717, 1.165) is 37.7 Å². The van der Waals surface area contributed by atoms with Crippen molar-refractivity contribution in [2.45, 2.75) is 77.9 Å². The third kappa shape index (κ3) is 4.93. The van der Waals surface area contributed by atoms with E-state index in [1.807, 2.05) is 44.7 Å². The molecule has 1 saturated carbocycles. The first kappa shape index (κ1) is 24.1. The molecule has 6 heteroatoms. The van der Waals surface area contributed by atoms with Crippen LogP contribution in [0.3, 0.4) is 0 Å². The Morgan fingerprint density at radius 2 is 1.84 bits per heavy atom. The molecule has 31 heavy (non-hydrogen) atoms. The largest absolute Gasteiger partial charge is 0.384 e. The molecule has 1 aliphatic heterocycles. The van der Waals surface area contributed by atoms with Crippen LogP contribution in [0, 0.1) is 17.3 Å². The van der Waals surface area contributed by atoms with Gasteiger partial charge in [-0.3, -0.25) is 9.59 Å². The summed E-state index contributed by atoms with van der Waals surface area (Å²) in [6, 6.07) is 6.80. The number of likely N-dealkylation sites (tertiary alicyclic amines) is 1. The number of benzene rings is 1. The lowest BCUT2D eigenvalue weighted by Crippen LogP contribution is -2.61. The highest BCUT2D eigenvalue weighted by atomic mass is 35.5. The predicted molar refractivity (Wildman–Crippen MR) is 124 cm³/mol. The SMILES string of the molecule is CC[C@@H](C)[C@@H](NC(=O)C1CCCC1)C(=O)N1CC[C@](O)(c2ccc(Cl)cc2)C(C)(C)C1. The fraction of sp³-hybridized carbons (Fsp3) is 0.680. The van der Waals surface area contributed by atoms with Crippen molar-refractivity contribution in [3.63, 3.8) is 0 Å². The van der Waals surface area contributed by atoms with Crippen LogP contribution < -0.4 is 5.32 Å². The Labute approximate surface area is 191 Å². The highest BCUT2D eigenvalue weighted by Gasteiger charge is 2.50. The summed E-state index contributed by atoms with van der Waals surface area (Å²) < 4.78 is 0. The lowest BCUT2D eigenvalue weighted by Gasteiger charge is -2.51. The van der Waals surface area contributed by atoms with Crippen LogP contribution in [0.5, 0.6) is 0 Å². The first-order chi connectivity index (χ1) is 14.6. The molecule has 2 N–H and O–H groups in total. The molecule has 1 aliphatic carbocycles. The molecule has 1 aromatic carbocycles. The highest BCUT2D eigenvalue weighted by molar-refractivity contribution is 6.30. The van der Waals surface area contributed by atoms with E-state index in [-0.39, 0.29) is 23.7 Å². The summed E-state index contributed by atoms with van der Waals surface area (Å²) in [6.45, 7) is 8.94. The van der Waals surface area contributed by atoms with Crippen LogP contribution >= 0.6 is 11.6 Å². The van der Waals surface area contributed by atoms with Gasteiger partial charge >= 0.3 is 0 Å². The summed E-state index contributed by atoms with van der Waals surface area (Å²) >= 11 is 6.03. The Balaban J connectivity index is 1.75. The van der Waals surface area contributed by atoms with Crippen LogP contribution in [0.25, 0.3) is 0 Å². The summed E-state index contributed by atoms with van der Waals surface area (Å²) in [5, 5.41) is 15.3. The Kier molecular flexibility index (Phi) is 7.37. The summed E-state index contributed by atoms with van der Waals surface area (Å²) in [5.74, 6) is 0.0715. The maximum Gasteiger partial charge on any atom is 0.245 e. The van der Waals surface area contributed by atoms with Gasteiger partial charge in [-0.05, 0) is 42.9 Å². The van der Waals surface area contributed by atoms with Crippen LogP contribution in [0.1, 0.15) is 71.8 Å². The Morgan fingerprint density at radius 1 is 1.23 bits per heavy atom. The van der Waals surface area contributed by atoms with Gasteiger partial charge in [-0.25, -0.2) is 0 Å². The van der Waals surface area contributed by atoms with Crippen molar-refractivity contribution < 1.29 is 14.7 Å². The minimum absolute atomic E-state index is 0.0186. The molecule has 1 heterocycles. The molecule has 0 aromatic heterocycles. The molecule has 2 fully saturated rings. The third-order valence-corrected chi connectivity index (χ3v) is 7.84. The number of amides is 2. The number of carbonyl (C=O) groups excluding carboxylic acids is 2. The Bertz CT molecular complexity index is 788. The van der Waals surface area contributed by atoms with Gasteiger partial charge in [0.25, 0.3) is 0 Å². The fourth-order valence-electron chi connectivity index (χ4n) is 5.11. The molecular weight excluding hydrogens is 412 g/mol. The van der Waals surface area contributed by atoms with Crippen molar-refractivity contribution in [3.05, 3.63) is 34.9 Å². The smallest absolute Gasteiger partial charge is 0.245 e. The number of carbonyl (C=O) groups is 2. The summed E-state index contributed by atoms with van der Waals surface area (Å²) in [7, 11) is 0. The van der Waals surface area contributed by atoms with Crippen molar-refractivity contribution in [3.8, 4) is 0 Å². The predicted octanol–water partition coefficient (Wildman–Crippen LogP) is 4.51. The van der Waals surface area contributed by atoms with Gasteiger partial charge in [-0.1, -0.05) is 70.7 Å². The first-order valence-electron chi connectivity index (χ1n) is 11.7. The number of nitrogens with zero attached hydrogens (tertiary/aromatic N) is 1. The first-order valence-corrected chi connectivity index (χ1v) is 12.0.